The summed E-state index contributed by atoms with van der Waals surface area (Å²) in [6.07, 6.45) is 0. The Morgan fingerprint density at radius 1 is 1.00 bits per heavy atom. The normalized spacial score (nSPS) is 11.1. The lowest BCUT2D eigenvalue weighted by Crippen LogP contribution is -1.86. The topological polar surface area (TPSA) is 9.23 Å². The number of hydrogen-bond acceptors (Lipinski definition) is 2. The van der Waals surface area contributed by atoms with Crippen LogP contribution in [0.15, 0.2) is 51.8 Å². The van der Waals surface area contributed by atoms with E-state index in [9.17, 15) is 0 Å². The van der Waals surface area contributed by atoms with Gasteiger partial charge >= 0.3 is 0 Å². The van der Waals surface area contributed by atoms with E-state index < -0.39 is 0 Å². The van der Waals surface area contributed by atoms with Gasteiger partial charge in [0.1, 0.15) is 5.75 Å². The molecule has 0 aliphatic carbocycles. The molecule has 0 spiro atoms. The van der Waals surface area contributed by atoms with Gasteiger partial charge < -0.3 is 4.74 Å². The van der Waals surface area contributed by atoms with Crippen LogP contribution in [0, 0.1) is 0 Å². The molecule has 3 aromatic rings. The third-order valence-corrected chi connectivity index (χ3v) is 4.09. The number of halogens is 1. The average molecular weight is 319 g/mol. The lowest BCUT2D eigenvalue weighted by molar-refractivity contribution is 0.420. The Bertz CT molecular complexity index is 752. The van der Waals surface area contributed by atoms with Crippen molar-refractivity contribution in [2.45, 2.75) is 4.90 Å². The van der Waals surface area contributed by atoms with Crippen LogP contribution < -0.4 is 4.74 Å². The molecule has 0 radical (unpaired) electrons. The zero-order valence-electron chi connectivity index (χ0n) is 9.77. The summed E-state index contributed by atoms with van der Waals surface area (Å²) in [6.45, 7) is 0. The molecule has 3 rings (SSSR count). The van der Waals surface area contributed by atoms with Gasteiger partial charge in [0.05, 0.1) is 7.11 Å². The van der Waals surface area contributed by atoms with E-state index in [-0.39, 0.29) is 0 Å². The van der Waals surface area contributed by atoms with Gasteiger partial charge in [0.25, 0.3) is 0 Å². The molecular formula is C15H11BrOS. The number of fused-ring (bicyclic) bond motifs is 2. The van der Waals surface area contributed by atoms with Crippen molar-refractivity contribution in [2.24, 2.45) is 0 Å². The number of hydrogen-bond donors (Lipinski definition) is 1. The molecule has 0 aliphatic heterocycles. The minimum absolute atomic E-state index is 0.882. The van der Waals surface area contributed by atoms with E-state index in [0.29, 0.717) is 0 Å². The SMILES string of the molecule is COc1cccc2c(S)c3cc(Br)ccc3cc12. The summed E-state index contributed by atoms with van der Waals surface area (Å²) < 4.78 is 6.47. The van der Waals surface area contributed by atoms with Crippen molar-refractivity contribution in [3.05, 3.63) is 46.9 Å². The lowest BCUT2D eigenvalue weighted by atomic mass is 10.0. The van der Waals surface area contributed by atoms with Gasteiger partial charge in [-0.2, -0.15) is 0 Å². The minimum Gasteiger partial charge on any atom is -0.496 e. The van der Waals surface area contributed by atoms with E-state index in [2.05, 4.69) is 52.8 Å². The molecule has 0 amide bonds. The number of benzene rings is 3. The fourth-order valence-electron chi connectivity index (χ4n) is 2.24. The molecule has 1 nitrogen and oxygen atoms in total. The van der Waals surface area contributed by atoms with E-state index in [1.807, 2.05) is 18.2 Å². The maximum absolute atomic E-state index is 5.41. The van der Waals surface area contributed by atoms with E-state index >= 15 is 0 Å². The van der Waals surface area contributed by atoms with Crippen LogP contribution >= 0.6 is 28.6 Å². The van der Waals surface area contributed by atoms with Gasteiger partial charge in [-0.15, -0.1) is 12.6 Å². The molecule has 0 N–H and O–H groups in total. The monoisotopic (exact) mass is 318 g/mol. The molecule has 0 bridgehead atoms. The third kappa shape index (κ3) is 1.78. The molecule has 0 saturated carbocycles. The van der Waals surface area contributed by atoms with Crippen molar-refractivity contribution in [3.63, 3.8) is 0 Å². The van der Waals surface area contributed by atoms with Gasteiger partial charge in [-0.05, 0) is 40.4 Å². The maximum atomic E-state index is 5.41. The second-order valence-corrected chi connectivity index (χ2v) is 5.51. The minimum atomic E-state index is 0.882. The molecular weight excluding hydrogens is 308 g/mol. The molecule has 18 heavy (non-hydrogen) atoms. The van der Waals surface area contributed by atoms with Crippen molar-refractivity contribution in [2.75, 3.05) is 7.11 Å². The van der Waals surface area contributed by atoms with Crippen LogP contribution in [-0.4, -0.2) is 7.11 Å². The predicted octanol–water partition coefficient (Wildman–Crippen LogP) is 5.05. The first-order valence-corrected chi connectivity index (χ1v) is 6.82. The predicted molar refractivity (Wildman–Crippen MR) is 83.0 cm³/mol. The summed E-state index contributed by atoms with van der Waals surface area (Å²) in [6, 6.07) is 14.4. The lowest BCUT2D eigenvalue weighted by Gasteiger charge is -2.10. The molecule has 0 fully saturated rings. The summed E-state index contributed by atoms with van der Waals surface area (Å²) in [5, 5.41) is 4.52. The van der Waals surface area contributed by atoms with Gasteiger partial charge in [0, 0.05) is 14.8 Å². The Labute approximate surface area is 119 Å². The molecule has 0 atom stereocenters. The second kappa shape index (κ2) is 4.48. The molecule has 0 aliphatic rings. The largest absolute Gasteiger partial charge is 0.496 e. The van der Waals surface area contributed by atoms with Crippen LogP contribution in [0.25, 0.3) is 21.5 Å². The Balaban J connectivity index is 2.52. The van der Waals surface area contributed by atoms with Crippen molar-refractivity contribution >= 4 is 50.1 Å². The number of thiol groups is 1. The smallest absolute Gasteiger partial charge is 0.126 e. The van der Waals surface area contributed by atoms with Gasteiger partial charge in [-0.3, -0.25) is 0 Å². The zero-order valence-corrected chi connectivity index (χ0v) is 12.3. The van der Waals surface area contributed by atoms with Crippen LogP contribution in [0.1, 0.15) is 0 Å². The van der Waals surface area contributed by atoms with Gasteiger partial charge in [-0.1, -0.05) is 34.1 Å². The molecule has 0 heterocycles. The van der Waals surface area contributed by atoms with Crippen molar-refractivity contribution in [3.8, 4) is 5.75 Å². The highest BCUT2D eigenvalue weighted by Gasteiger charge is 2.08. The van der Waals surface area contributed by atoms with Crippen LogP contribution in [-0.2, 0) is 0 Å². The third-order valence-electron chi connectivity index (χ3n) is 3.11. The standard InChI is InChI=1S/C15H11BrOS/c1-17-14-4-2-3-11-13(14)7-9-5-6-10(16)8-12(9)15(11)18/h2-8,18H,1H3. The highest BCUT2D eigenvalue weighted by molar-refractivity contribution is 9.10. The molecule has 3 heteroatoms. The molecule has 3 aromatic carbocycles. The quantitative estimate of drug-likeness (QED) is 0.488. The van der Waals surface area contributed by atoms with Crippen LogP contribution in [0.4, 0.5) is 0 Å². The highest BCUT2D eigenvalue weighted by Crippen LogP contribution is 2.36. The average Bonchev–Trinajstić information content (AvgIpc) is 2.39. The second-order valence-electron chi connectivity index (χ2n) is 4.15. The zero-order chi connectivity index (χ0) is 12.7. The van der Waals surface area contributed by atoms with E-state index in [1.54, 1.807) is 7.11 Å². The van der Waals surface area contributed by atoms with E-state index in [4.69, 9.17) is 4.74 Å². The van der Waals surface area contributed by atoms with Crippen molar-refractivity contribution in [1.29, 1.82) is 0 Å². The molecule has 0 unspecified atom stereocenters. The highest BCUT2D eigenvalue weighted by atomic mass is 79.9. The van der Waals surface area contributed by atoms with Crippen LogP contribution in [0.2, 0.25) is 0 Å². The first-order chi connectivity index (χ1) is 8.70. The Morgan fingerprint density at radius 3 is 2.61 bits per heavy atom. The Morgan fingerprint density at radius 2 is 1.83 bits per heavy atom. The summed E-state index contributed by atoms with van der Waals surface area (Å²) >= 11 is 8.17. The summed E-state index contributed by atoms with van der Waals surface area (Å²) in [7, 11) is 1.69. The summed E-state index contributed by atoms with van der Waals surface area (Å²) in [5.41, 5.74) is 0. The Kier molecular flexibility index (Phi) is 2.96. The van der Waals surface area contributed by atoms with E-state index in [0.717, 1.165) is 31.3 Å². The summed E-state index contributed by atoms with van der Waals surface area (Å²) in [5.74, 6) is 0.882. The van der Waals surface area contributed by atoms with Gasteiger partial charge in [-0.25, -0.2) is 0 Å². The number of ether oxygens (including phenoxy) is 1. The van der Waals surface area contributed by atoms with Gasteiger partial charge in [0.2, 0.25) is 0 Å². The van der Waals surface area contributed by atoms with E-state index in [1.165, 1.54) is 5.39 Å². The fourth-order valence-corrected chi connectivity index (χ4v) is 2.99. The Hall–Kier alpha value is -1.19. The number of methoxy groups -OCH3 is 1. The molecule has 90 valence electrons. The van der Waals surface area contributed by atoms with Crippen molar-refractivity contribution < 1.29 is 4.74 Å². The summed E-state index contributed by atoms with van der Waals surface area (Å²) in [4.78, 5) is 0.989. The maximum Gasteiger partial charge on any atom is 0.126 e. The molecule has 0 aromatic heterocycles. The molecule has 0 saturated heterocycles. The fraction of sp³-hybridized carbons (Fsp3) is 0.0667. The van der Waals surface area contributed by atoms with Gasteiger partial charge in [0.15, 0.2) is 0 Å². The van der Waals surface area contributed by atoms with Crippen LogP contribution in [0.3, 0.4) is 0 Å². The number of rotatable bonds is 1. The first kappa shape index (κ1) is 11.9. The van der Waals surface area contributed by atoms with Crippen molar-refractivity contribution in [1.82, 2.24) is 0 Å². The van der Waals surface area contributed by atoms with Crippen LogP contribution in [0.5, 0.6) is 5.75 Å². The first-order valence-electron chi connectivity index (χ1n) is 5.58.